The Kier molecular flexibility index (Phi) is 4.78. The molecular formula is C23H21FN2. The first kappa shape index (κ1) is 16.5. The molecule has 1 heterocycles. The number of amidine groups is 1. The van der Waals surface area contributed by atoms with Crippen molar-refractivity contribution in [3.05, 3.63) is 107 Å². The predicted molar refractivity (Wildman–Crippen MR) is 104 cm³/mol. The summed E-state index contributed by atoms with van der Waals surface area (Å²) >= 11 is 0. The van der Waals surface area contributed by atoms with Gasteiger partial charge in [-0.25, -0.2) is 4.39 Å². The molecule has 0 unspecified atom stereocenters. The van der Waals surface area contributed by atoms with E-state index >= 15 is 0 Å². The Bertz CT molecular complexity index is 873. The molecule has 0 saturated heterocycles. The van der Waals surface area contributed by atoms with Gasteiger partial charge in [-0.15, -0.1) is 0 Å². The Balaban J connectivity index is 1.55. The maximum atomic E-state index is 13.1. The highest BCUT2D eigenvalue weighted by molar-refractivity contribution is 5.85. The van der Waals surface area contributed by atoms with Gasteiger partial charge in [-0.05, 0) is 35.2 Å². The first-order valence-electron chi connectivity index (χ1n) is 8.97. The number of rotatable bonds is 5. The van der Waals surface area contributed by atoms with Crippen molar-refractivity contribution < 1.29 is 4.39 Å². The number of aliphatic imine (C=N–C) groups is 1. The minimum Gasteiger partial charge on any atom is -0.364 e. The molecule has 2 nitrogen and oxygen atoms in total. The summed E-state index contributed by atoms with van der Waals surface area (Å²) in [4.78, 5) is 4.98. The van der Waals surface area contributed by atoms with Gasteiger partial charge in [-0.2, -0.15) is 0 Å². The second kappa shape index (κ2) is 7.52. The molecule has 0 fully saturated rings. The molecule has 130 valence electrons. The smallest absolute Gasteiger partial charge is 0.123 e. The fraction of sp³-hybridized carbons (Fsp3) is 0.174. The minimum atomic E-state index is -0.196. The van der Waals surface area contributed by atoms with E-state index in [1.54, 1.807) is 0 Å². The Morgan fingerprint density at radius 3 is 2.00 bits per heavy atom. The predicted octanol–water partition coefficient (Wildman–Crippen LogP) is 5.24. The summed E-state index contributed by atoms with van der Waals surface area (Å²) in [5, 5.41) is 3.61. The summed E-state index contributed by atoms with van der Waals surface area (Å²) in [6.45, 7) is 0. The molecule has 1 aliphatic rings. The highest BCUT2D eigenvalue weighted by Gasteiger charge is 2.30. The van der Waals surface area contributed by atoms with Gasteiger partial charge in [-0.3, -0.25) is 4.99 Å². The third-order valence-corrected chi connectivity index (χ3v) is 4.80. The van der Waals surface area contributed by atoms with E-state index in [-0.39, 0.29) is 17.9 Å². The normalized spacial score (nSPS) is 19.0. The molecule has 0 aliphatic carbocycles. The van der Waals surface area contributed by atoms with Crippen LogP contribution in [0.1, 0.15) is 35.2 Å². The van der Waals surface area contributed by atoms with E-state index in [2.05, 4.69) is 53.8 Å². The van der Waals surface area contributed by atoms with E-state index in [1.807, 2.05) is 24.3 Å². The van der Waals surface area contributed by atoms with Gasteiger partial charge in [0.2, 0.25) is 0 Å². The van der Waals surface area contributed by atoms with E-state index in [9.17, 15) is 4.39 Å². The number of hydrogen-bond acceptors (Lipinski definition) is 2. The van der Waals surface area contributed by atoms with Crippen molar-refractivity contribution in [1.29, 1.82) is 0 Å². The van der Waals surface area contributed by atoms with Gasteiger partial charge in [-0.1, -0.05) is 72.8 Å². The number of halogens is 1. The van der Waals surface area contributed by atoms with Gasteiger partial charge < -0.3 is 5.32 Å². The number of benzene rings is 3. The average molecular weight is 344 g/mol. The second-order valence-electron chi connectivity index (χ2n) is 6.59. The molecule has 0 saturated carbocycles. The molecule has 0 bridgehead atoms. The third kappa shape index (κ3) is 3.67. The lowest BCUT2D eigenvalue weighted by Crippen LogP contribution is -2.24. The van der Waals surface area contributed by atoms with Gasteiger partial charge in [0.15, 0.2) is 0 Å². The molecule has 0 aromatic heterocycles. The van der Waals surface area contributed by atoms with Crippen LogP contribution in [0.15, 0.2) is 89.9 Å². The SMILES string of the molecule is Fc1ccc(CCC2=N[C@@H](c3ccccc3)[C@@H](c3ccccc3)N2)cc1. The van der Waals surface area contributed by atoms with Crippen LogP contribution in [0.5, 0.6) is 0 Å². The Hall–Kier alpha value is -2.94. The van der Waals surface area contributed by atoms with Crippen LogP contribution in [0.2, 0.25) is 0 Å². The summed E-state index contributed by atoms with van der Waals surface area (Å²) in [5.41, 5.74) is 3.57. The molecule has 1 N–H and O–H groups in total. The van der Waals surface area contributed by atoms with Gasteiger partial charge >= 0.3 is 0 Å². The van der Waals surface area contributed by atoms with E-state index in [4.69, 9.17) is 4.99 Å². The Morgan fingerprint density at radius 1 is 0.731 bits per heavy atom. The summed E-state index contributed by atoms with van der Waals surface area (Å²) in [6.07, 6.45) is 1.66. The van der Waals surface area contributed by atoms with E-state index in [1.165, 1.54) is 23.3 Å². The van der Waals surface area contributed by atoms with Crippen molar-refractivity contribution in [2.75, 3.05) is 0 Å². The molecule has 0 amide bonds. The van der Waals surface area contributed by atoms with Crippen molar-refractivity contribution in [2.24, 2.45) is 4.99 Å². The zero-order valence-electron chi connectivity index (χ0n) is 14.5. The maximum absolute atomic E-state index is 13.1. The molecule has 3 aromatic carbocycles. The molecule has 4 rings (SSSR count). The fourth-order valence-electron chi connectivity index (χ4n) is 3.43. The molecule has 0 spiro atoms. The topological polar surface area (TPSA) is 24.4 Å². The molecule has 3 heteroatoms. The van der Waals surface area contributed by atoms with Crippen LogP contribution in [0.25, 0.3) is 0 Å². The molecular weight excluding hydrogens is 323 g/mol. The minimum absolute atomic E-state index is 0.0711. The molecule has 26 heavy (non-hydrogen) atoms. The standard InChI is InChI=1S/C23H21FN2/c24-20-14-11-17(12-15-20)13-16-21-25-22(18-7-3-1-4-8-18)23(26-21)19-9-5-2-6-10-19/h1-12,14-15,22-23H,13,16H2,(H,25,26)/t22-,23+. The van der Waals surface area contributed by atoms with Gasteiger partial charge in [0.05, 0.1) is 11.9 Å². The van der Waals surface area contributed by atoms with Crippen molar-refractivity contribution in [3.8, 4) is 0 Å². The van der Waals surface area contributed by atoms with Crippen molar-refractivity contribution in [3.63, 3.8) is 0 Å². The highest BCUT2D eigenvalue weighted by Crippen LogP contribution is 2.36. The fourth-order valence-corrected chi connectivity index (χ4v) is 3.43. The lowest BCUT2D eigenvalue weighted by molar-refractivity contribution is 0.571. The summed E-state index contributed by atoms with van der Waals surface area (Å²) < 4.78 is 13.1. The van der Waals surface area contributed by atoms with Gasteiger partial charge in [0, 0.05) is 6.42 Å². The number of nitrogens with zero attached hydrogens (tertiary/aromatic N) is 1. The zero-order chi connectivity index (χ0) is 17.8. The largest absolute Gasteiger partial charge is 0.364 e. The summed E-state index contributed by atoms with van der Waals surface area (Å²) in [6, 6.07) is 27.8. The summed E-state index contributed by atoms with van der Waals surface area (Å²) in [7, 11) is 0. The first-order chi connectivity index (χ1) is 12.8. The number of nitrogens with one attached hydrogen (secondary N) is 1. The van der Waals surface area contributed by atoms with Crippen molar-refractivity contribution >= 4 is 5.84 Å². The highest BCUT2D eigenvalue weighted by atomic mass is 19.1. The lowest BCUT2D eigenvalue weighted by atomic mass is 9.95. The lowest BCUT2D eigenvalue weighted by Gasteiger charge is -2.19. The van der Waals surface area contributed by atoms with Crippen LogP contribution < -0.4 is 5.32 Å². The third-order valence-electron chi connectivity index (χ3n) is 4.80. The molecule has 1 aliphatic heterocycles. The molecule has 2 atom stereocenters. The molecule has 0 radical (unpaired) electrons. The average Bonchev–Trinajstić information content (AvgIpc) is 3.13. The quantitative estimate of drug-likeness (QED) is 0.672. The van der Waals surface area contributed by atoms with Crippen LogP contribution in [-0.2, 0) is 6.42 Å². The zero-order valence-corrected chi connectivity index (χ0v) is 14.5. The van der Waals surface area contributed by atoms with Crippen LogP contribution in [0.4, 0.5) is 4.39 Å². The van der Waals surface area contributed by atoms with Crippen molar-refractivity contribution in [2.45, 2.75) is 24.9 Å². The van der Waals surface area contributed by atoms with Crippen molar-refractivity contribution in [1.82, 2.24) is 5.32 Å². The Labute approximate surface area is 153 Å². The maximum Gasteiger partial charge on any atom is 0.123 e. The van der Waals surface area contributed by atoms with Crippen LogP contribution in [-0.4, -0.2) is 5.84 Å². The van der Waals surface area contributed by atoms with Crippen LogP contribution in [0, 0.1) is 5.82 Å². The van der Waals surface area contributed by atoms with E-state index in [0.29, 0.717) is 0 Å². The van der Waals surface area contributed by atoms with Gasteiger partial charge in [0.1, 0.15) is 11.9 Å². The molecule has 3 aromatic rings. The van der Waals surface area contributed by atoms with E-state index in [0.717, 1.165) is 24.2 Å². The first-order valence-corrected chi connectivity index (χ1v) is 8.97. The van der Waals surface area contributed by atoms with Gasteiger partial charge in [0.25, 0.3) is 0 Å². The number of aryl methyl sites for hydroxylation is 1. The number of hydrogen-bond donors (Lipinski definition) is 1. The second-order valence-corrected chi connectivity index (χ2v) is 6.59. The van der Waals surface area contributed by atoms with E-state index < -0.39 is 0 Å². The monoisotopic (exact) mass is 344 g/mol. The van der Waals surface area contributed by atoms with Crippen LogP contribution >= 0.6 is 0 Å². The van der Waals surface area contributed by atoms with Crippen LogP contribution in [0.3, 0.4) is 0 Å². The Morgan fingerprint density at radius 2 is 1.35 bits per heavy atom. The summed E-state index contributed by atoms with van der Waals surface area (Å²) in [5.74, 6) is 0.815.